The molecule has 0 saturated heterocycles. The summed E-state index contributed by atoms with van der Waals surface area (Å²) in [5.74, 6) is -7.77. The minimum atomic E-state index is -4.28. The molecule has 1 aromatic rings. The van der Waals surface area contributed by atoms with Crippen LogP contribution in [0.1, 0.15) is 45.0 Å². The van der Waals surface area contributed by atoms with E-state index in [9.17, 15) is 23.2 Å². The molecule has 9 heteroatoms. The number of carbonyl (C=O) groups is 3. The van der Waals surface area contributed by atoms with Gasteiger partial charge in [0.15, 0.2) is 5.60 Å². The third-order valence-corrected chi connectivity index (χ3v) is 3.05. The lowest BCUT2D eigenvalue weighted by Crippen LogP contribution is -2.51. The first-order valence-corrected chi connectivity index (χ1v) is 7.51. The van der Waals surface area contributed by atoms with Gasteiger partial charge in [0.25, 0.3) is 0 Å². The smallest absolute Gasteiger partial charge is 0.477 e. The van der Waals surface area contributed by atoms with Gasteiger partial charge in [-0.15, -0.1) is 0 Å². The minimum absolute atomic E-state index is 0.0610. The van der Waals surface area contributed by atoms with E-state index in [4.69, 9.17) is 14.6 Å². The molecule has 0 heterocycles. The Morgan fingerprint density at radius 2 is 1.42 bits per heavy atom. The SMILES string of the molecule is CC(C)(C)OC(=O)Oc1ccc(C(=O)OC(C)(C)C(F)(F)C(=O)O)cc1. The number of carboxylic acid groups (broad SMARTS) is 1. The monoisotopic (exact) mass is 374 g/mol. The number of alkyl halides is 2. The predicted molar refractivity (Wildman–Crippen MR) is 85.4 cm³/mol. The van der Waals surface area contributed by atoms with Crippen molar-refractivity contribution >= 4 is 18.1 Å². The molecule has 0 amide bonds. The van der Waals surface area contributed by atoms with Crippen molar-refractivity contribution < 1.29 is 42.5 Å². The molecule has 1 aromatic carbocycles. The van der Waals surface area contributed by atoms with Crippen LogP contribution in [0, 0.1) is 0 Å². The van der Waals surface area contributed by atoms with Crippen LogP contribution < -0.4 is 4.74 Å². The van der Waals surface area contributed by atoms with Crippen LogP contribution in [0.25, 0.3) is 0 Å². The molecule has 1 rings (SSSR count). The number of benzene rings is 1. The number of carboxylic acids is 1. The average molecular weight is 374 g/mol. The molecule has 0 saturated carbocycles. The van der Waals surface area contributed by atoms with Gasteiger partial charge in [-0.25, -0.2) is 14.4 Å². The van der Waals surface area contributed by atoms with Gasteiger partial charge < -0.3 is 19.3 Å². The molecule has 1 N–H and O–H groups in total. The summed E-state index contributed by atoms with van der Waals surface area (Å²) in [6, 6.07) is 4.83. The second-order valence-corrected chi connectivity index (χ2v) is 6.87. The van der Waals surface area contributed by atoms with E-state index in [0.717, 1.165) is 13.8 Å². The van der Waals surface area contributed by atoms with Gasteiger partial charge in [-0.2, -0.15) is 8.78 Å². The third-order valence-electron chi connectivity index (χ3n) is 3.05. The molecule has 0 bridgehead atoms. The largest absolute Gasteiger partial charge is 0.514 e. The van der Waals surface area contributed by atoms with Crippen LogP contribution in [-0.4, -0.2) is 40.3 Å². The molecule has 0 fully saturated rings. The number of carbonyl (C=O) groups excluding carboxylic acids is 2. The lowest BCUT2D eigenvalue weighted by atomic mass is 10.0. The molecule has 144 valence electrons. The molecule has 0 aromatic heterocycles. The van der Waals surface area contributed by atoms with Crippen molar-refractivity contribution in [3.05, 3.63) is 29.8 Å². The second kappa shape index (κ2) is 7.27. The van der Waals surface area contributed by atoms with E-state index >= 15 is 0 Å². The standard InChI is InChI=1S/C17H20F2O7/c1-15(2,3)26-14(23)24-11-8-6-10(7-9-11)12(20)25-16(4,5)17(18,19)13(21)22/h6-9H,1-5H3,(H,21,22). The number of hydrogen-bond donors (Lipinski definition) is 1. The molecule has 0 aliphatic heterocycles. The summed E-state index contributed by atoms with van der Waals surface area (Å²) in [7, 11) is 0. The van der Waals surface area contributed by atoms with Crippen LogP contribution >= 0.6 is 0 Å². The molecular weight excluding hydrogens is 354 g/mol. The van der Waals surface area contributed by atoms with Crippen LogP contribution in [0.15, 0.2) is 24.3 Å². The van der Waals surface area contributed by atoms with Gasteiger partial charge in [-0.1, -0.05) is 0 Å². The highest BCUT2D eigenvalue weighted by molar-refractivity contribution is 5.90. The van der Waals surface area contributed by atoms with Crippen molar-refractivity contribution in [2.24, 2.45) is 0 Å². The molecule has 0 atom stereocenters. The summed E-state index contributed by atoms with van der Waals surface area (Å²) in [6.07, 6.45) is -0.949. The van der Waals surface area contributed by atoms with Crippen LogP contribution in [0.4, 0.5) is 13.6 Å². The summed E-state index contributed by atoms with van der Waals surface area (Å²) in [6.45, 7) is 6.55. The molecule has 0 aliphatic rings. The zero-order valence-corrected chi connectivity index (χ0v) is 15.0. The predicted octanol–water partition coefficient (Wildman–Crippen LogP) is 3.66. The highest BCUT2D eigenvalue weighted by atomic mass is 19.3. The van der Waals surface area contributed by atoms with Crippen molar-refractivity contribution in [1.29, 1.82) is 0 Å². The first-order valence-electron chi connectivity index (χ1n) is 7.51. The number of esters is 1. The maximum atomic E-state index is 13.6. The van der Waals surface area contributed by atoms with Crippen molar-refractivity contribution in [3.63, 3.8) is 0 Å². The van der Waals surface area contributed by atoms with Gasteiger partial charge in [0.05, 0.1) is 5.56 Å². The van der Waals surface area contributed by atoms with E-state index < -0.39 is 35.2 Å². The Bertz CT molecular complexity index is 688. The molecule has 0 aliphatic carbocycles. The molecular formula is C17H20F2O7. The van der Waals surface area contributed by atoms with Crippen molar-refractivity contribution in [2.45, 2.75) is 51.7 Å². The van der Waals surface area contributed by atoms with Gasteiger partial charge in [0.1, 0.15) is 11.4 Å². The zero-order chi connectivity index (χ0) is 20.3. The highest BCUT2D eigenvalue weighted by Gasteiger charge is 2.56. The first-order chi connectivity index (χ1) is 11.7. The minimum Gasteiger partial charge on any atom is -0.477 e. The molecule has 0 radical (unpaired) electrons. The Morgan fingerprint density at radius 3 is 1.85 bits per heavy atom. The lowest BCUT2D eigenvalue weighted by molar-refractivity contribution is -0.200. The number of ether oxygens (including phenoxy) is 3. The summed E-state index contributed by atoms with van der Waals surface area (Å²) in [5, 5.41) is 8.56. The summed E-state index contributed by atoms with van der Waals surface area (Å²) >= 11 is 0. The highest BCUT2D eigenvalue weighted by Crippen LogP contribution is 2.33. The molecule has 26 heavy (non-hydrogen) atoms. The maximum Gasteiger partial charge on any atom is 0.514 e. The van der Waals surface area contributed by atoms with Gasteiger partial charge in [-0.05, 0) is 58.9 Å². The normalized spacial score (nSPS) is 12.3. The number of rotatable bonds is 5. The van der Waals surface area contributed by atoms with Crippen LogP contribution in [0.3, 0.4) is 0 Å². The van der Waals surface area contributed by atoms with Crippen molar-refractivity contribution in [3.8, 4) is 5.75 Å². The zero-order valence-electron chi connectivity index (χ0n) is 15.0. The molecule has 0 unspecified atom stereocenters. The topological polar surface area (TPSA) is 99.1 Å². The fraction of sp³-hybridized carbons (Fsp3) is 0.471. The molecule has 0 spiro atoms. The number of hydrogen-bond acceptors (Lipinski definition) is 6. The Kier molecular flexibility index (Phi) is 5.96. The second-order valence-electron chi connectivity index (χ2n) is 6.87. The van der Waals surface area contributed by atoms with E-state index in [1.165, 1.54) is 24.3 Å². The fourth-order valence-electron chi connectivity index (χ4n) is 1.64. The Hall–Kier alpha value is -2.71. The van der Waals surface area contributed by atoms with Crippen molar-refractivity contribution in [2.75, 3.05) is 0 Å². The summed E-state index contributed by atoms with van der Waals surface area (Å²) in [5.41, 5.74) is -3.44. The maximum absolute atomic E-state index is 13.6. The quantitative estimate of drug-likeness (QED) is 0.620. The van der Waals surface area contributed by atoms with E-state index in [0.29, 0.717) is 0 Å². The Balaban J connectivity index is 2.81. The van der Waals surface area contributed by atoms with Gasteiger partial charge in [-0.3, -0.25) is 0 Å². The van der Waals surface area contributed by atoms with Gasteiger partial charge >= 0.3 is 24.0 Å². The van der Waals surface area contributed by atoms with Crippen LogP contribution in [0.2, 0.25) is 0 Å². The van der Waals surface area contributed by atoms with E-state index in [1.807, 2.05) is 0 Å². The molecule has 7 nitrogen and oxygen atoms in total. The van der Waals surface area contributed by atoms with Crippen molar-refractivity contribution in [1.82, 2.24) is 0 Å². The number of aliphatic carboxylic acids is 1. The summed E-state index contributed by atoms with van der Waals surface area (Å²) < 4.78 is 41.7. The number of halogens is 2. The first kappa shape index (κ1) is 21.3. The van der Waals surface area contributed by atoms with E-state index in [-0.39, 0.29) is 11.3 Å². The Morgan fingerprint density at radius 1 is 0.923 bits per heavy atom. The average Bonchev–Trinajstić information content (AvgIpc) is 2.44. The third kappa shape index (κ3) is 5.40. The van der Waals surface area contributed by atoms with Crippen LogP contribution in [0.5, 0.6) is 5.75 Å². The van der Waals surface area contributed by atoms with Crippen LogP contribution in [-0.2, 0) is 14.3 Å². The van der Waals surface area contributed by atoms with Gasteiger partial charge in [0, 0.05) is 0 Å². The van der Waals surface area contributed by atoms with E-state index in [1.54, 1.807) is 20.8 Å². The lowest BCUT2D eigenvalue weighted by Gasteiger charge is -2.30. The van der Waals surface area contributed by atoms with E-state index in [2.05, 4.69) is 4.74 Å². The summed E-state index contributed by atoms with van der Waals surface area (Å²) in [4.78, 5) is 34.1. The van der Waals surface area contributed by atoms with Gasteiger partial charge in [0.2, 0.25) is 0 Å². The Labute approximate surface area is 148 Å². The fourth-order valence-corrected chi connectivity index (χ4v) is 1.64.